The lowest BCUT2D eigenvalue weighted by Gasteiger charge is -2.64. The van der Waals surface area contributed by atoms with E-state index in [-0.39, 0.29) is 5.54 Å². The van der Waals surface area contributed by atoms with E-state index in [1.54, 1.807) is 0 Å². The Morgan fingerprint density at radius 3 is 2.00 bits per heavy atom. The van der Waals surface area contributed by atoms with E-state index in [1.165, 1.54) is 32.1 Å². The van der Waals surface area contributed by atoms with Crippen LogP contribution in [0.15, 0.2) is 0 Å². The van der Waals surface area contributed by atoms with Gasteiger partial charge in [-0.05, 0) is 55.3 Å². The molecule has 13 heavy (non-hydrogen) atoms. The first-order chi connectivity index (χ1) is 6.01. The van der Waals surface area contributed by atoms with Crippen molar-refractivity contribution in [2.45, 2.75) is 51.5 Å². The quantitative estimate of drug-likeness (QED) is 0.607. The Labute approximate surface area is 81.1 Å². The van der Waals surface area contributed by atoms with Gasteiger partial charge in [-0.3, -0.25) is 0 Å². The summed E-state index contributed by atoms with van der Waals surface area (Å²) >= 11 is 0. The van der Waals surface area contributed by atoms with E-state index in [4.69, 9.17) is 5.73 Å². The first-order valence-electron chi connectivity index (χ1n) is 5.80. The van der Waals surface area contributed by atoms with Gasteiger partial charge in [0.1, 0.15) is 0 Å². The number of nitrogens with two attached hydrogens (primary N) is 1. The fourth-order valence-corrected chi connectivity index (χ4v) is 4.53. The first-order valence-corrected chi connectivity index (χ1v) is 5.80. The molecule has 0 heterocycles. The third-order valence-corrected chi connectivity index (χ3v) is 5.51. The van der Waals surface area contributed by atoms with Crippen LogP contribution in [0.4, 0.5) is 0 Å². The van der Waals surface area contributed by atoms with E-state index in [9.17, 15) is 0 Å². The van der Waals surface area contributed by atoms with Gasteiger partial charge in [-0.1, -0.05) is 13.8 Å². The summed E-state index contributed by atoms with van der Waals surface area (Å²) in [5, 5.41) is 0. The number of hydrogen-bond donors (Lipinski definition) is 1. The Kier molecular flexibility index (Phi) is 1.36. The van der Waals surface area contributed by atoms with Crippen molar-refractivity contribution in [1.29, 1.82) is 0 Å². The van der Waals surface area contributed by atoms with E-state index in [0.29, 0.717) is 5.41 Å². The highest BCUT2D eigenvalue weighted by atomic mass is 14.8. The second kappa shape index (κ2) is 2.13. The highest BCUT2D eigenvalue weighted by molar-refractivity contribution is 5.13. The summed E-state index contributed by atoms with van der Waals surface area (Å²) in [4.78, 5) is 0. The maximum Gasteiger partial charge on any atom is 0.0214 e. The van der Waals surface area contributed by atoms with Crippen molar-refractivity contribution in [3.8, 4) is 0 Å². The summed E-state index contributed by atoms with van der Waals surface area (Å²) < 4.78 is 0. The van der Waals surface area contributed by atoms with Crippen molar-refractivity contribution in [2.24, 2.45) is 28.9 Å². The SMILES string of the molecule is CC1(C)C2C[C@@H]3C[C@H](C2)CC1(N)C3. The minimum atomic E-state index is 0.196. The van der Waals surface area contributed by atoms with Gasteiger partial charge in [-0.25, -0.2) is 0 Å². The van der Waals surface area contributed by atoms with Crippen LogP contribution in [0.3, 0.4) is 0 Å². The van der Waals surface area contributed by atoms with Crippen LogP contribution in [-0.4, -0.2) is 5.54 Å². The molecule has 4 fully saturated rings. The minimum Gasteiger partial charge on any atom is -0.325 e. The second-order valence-corrected chi connectivity index (χ2v) is 6.42. The standard InChI is InChI=1S/C12H21N/c1-11(2)10-4-8-3-9(5-10)7-12(11,13)6-8/h8-10H,3-7,13H2,1-2H3/t8-,9+,10?,12?. The average Bonchev–Trinajstić information content (AvgIpc) is 1.99. The molecule has 0 amide bonds. The molecule has 4 aliphatic carbocycles. The van der Waals surface area contributed by atoms with Crippen LogP contribution >= 0.6 is 0 Å². The predicted molar refractivity (Wildman–Crippen MR) is 54.3 cm³/mol. The van der Waals surface area contributed by atoms with Gasteiger partial charge in [0, 0.05) is 5.54 Å². The fourth-order valence-electron chi connectivity index (χ4n) is 4.53. The van der Waals surface area contributed by atoms with Crippen molar-refractivity contribution in [2.75, 3.05) is 0 Å². The van der Waals surface area contributed by atoms with Crippen LogP contribution in [0.25, 0.3) is 0 Å². The van der Waals surface area contributed by atoms with E-state index in [2.05, 4.69) is 13.8 Å². The molecule has 1 heteroatoms. The van der Waals surface area contributed by atoms with E-state index >= 15 is 0 Å². The molecule has 0 aliphatic heterocycles. The van der Waals surface area contributed by atoms with Crippen LogP contribution in [-0.2, 0) is 0 Å². The van der Waals surface area contributed by atoms with Gasteiger partial charge in [-0.2, -0.15) is 0 Å². The summed E-state index contributed by atoms with van der Waals surface area (Å²) in [5.74, 6) is 2.90. The lowest BCUT2D eigenvalue weighted by molar-refractivity contribution is -0.106. The molecule has 4 rings (SSSR count). The van der Waals surface area contributed by atoms with Crippen LogP contribution < -0.4 is 5.73 Å². The lowest BCUT2D eigenvalue weighted by atomic mass is 9.43. The van der Waals surface area contributed by atoms with Crippen LogP contribution in [0, 0.1) is 23.2 Å². The van der Waals surface area contributed by atoms with E-state index < -0.39 is 0 Å². The Morgan fingerprint density at radius 2 is 1.54 bits per heavy atom. The van der Waals surface area contributed by atoms with Gasteiger partial charge in [0.2, 0.25) is 0 Å². The molecule has 0 spiro atoms. The third kappa shape index (κ3) is 0.869. The van der Waals surface area contributed by atoms with Gasteiger partial charge >= 0.3 is 0 Å². The summed E-state index contributed by atoms with van der Waals surface area (Å²) in [7, 11) is 0. The maximum atomic E-state index is 6.60. The summed E-state index contributed by atoms with van der Waals surface area (Å²) in [6, 6.07) is 0. The second-order valence-electron chi connectivity index (χ2n) is 6.42. The molecule has 0 aromatic heterocycles. The monoisotopic (exact) mass is 179 g/mol. The van der Waals surface area contributed by atoms with Crippen LogP contribution in [0.1, 0.15) is 46.0 Å². The number of rotatable bonds is 0. The van der Waals surface area contributed by atoms with Gasteiger partial charge in [-0.15, -0.1) is 0 Å². The normalized spacial score (nSPS) is 57.0. The largest absolute Gasteiger partial charge is 0.325 e. The van der Waals surface area contributed by atoms with Crippen molar-refractivity contribution < 1.29 is 0 Å². The highest BCUT2D eigenvalue weighted by Gasteiger charge is 2.59. The maximum absolute atomic E-state index is 6.60. The molecule has 0 aromatic carbocycles. The molecule has 74 valence electrons. The Bertz CT molecular complexity index is 230. The topological polar surface area (TPSA) is 26.0 Å². The van der Waals surface area contributed by atoms with Crippen molar-refractivity contribution in [1.82, 2.24) is 0 Å². The van der Waals surface area contributed by atoms with Crippen molar-refractivity contribution in [3.63, 3.8) is 0 Å². The third-order valence-electron chi connectivity index (χ3n) is 5.51. The molecule has 0 radical (unpaired) electrons. The average molecular weight is 179 g/mol. The minimum absolute atomic E-state index is 0.196. The van der Waals surface area contributed by atoms with Crippen LogP contribution in [0.5, 0.6) is 0 Å². The Morgan fingerprint density at radius 1 is 1.00 bits per heavy atom. The Hall–Kier alpha value is -0.0400. The predicted octanol–water partition coefficient (Wildman–Crippen LogP) is 2.55. The van der Waals surface area contributed by atoms with E-state index in [1.807, 2.05) is 0 Å². The van der Waals surface area contributed by atoms with Gasteiger partial charge in [0.25, 0.3) is 0 Å². The molecule has 2 N–H and O–H groups in total. The van der Waals surface area contributed by atoms with Gasteiger partial charge < -0.3 is 5.73 Å². The molecule has 1 nitrogen and oxygen atoms in total. The molecule has 0 aromatic rings. The summed E-state index contributed by atoms with van der Waals surface area (Å²) in [5.41, 5.74) is 7.21. The zero-order valence-electron chi connectivity index (χ0n) is 8.84. The Balaban J connectivity index is 2.03. The molecule has 4 saturated carbocycles. The molecule has 2 unspecified atom stereocenters. The molecule has 4 atom stereocenters. The molecule has 4 bridgehead atoms. The fraction of sp³-hybridized carbons (Fsp3) is 1.00. The summed E-state index contributed by atoms with van der Waals surface area (Å²) in [6.45, 7) is 4.82. The van der Waals surface area contributed by atoms with Gasteiger partial charge in [0.15, 0.2) is 0 Å². The van der Waals surface area contributed by atoms with Crippen LogP contribution in [0.2, 0.25) is 0 Å². The first kappa shape index (κ1) is 8.28. The van der Waals surface area contributed by atoms with Crippen molar-refractivity contribution in [3.05, 3.63) is 0 Å². The zero-order chi connectivity index (χ0) is 9.27. The molecule has 0 saturated heterocycles. The molecule has 4 aliphatic rings. The summed E-state index contributed by atoms with van der Waals surface area (Å²) in [6.07, 6.45) is 7.07. The highest BCUT2D eigenvalue weighted by Crippen LogP contribution is 2.62. The smallest absolute Gasteiger partial charge is 0.0214 e. The van der Waals surface area contributed by atoms with Crippen molar-refractivity contribution >= 4 is 0 Å². The lowest BCUT2D eigenvalue weighted by Crippen LogP contribution is -2.66. The molecular weight excluding hydrogens is 158 g/mol. The molecular formula is C12H21N. The zero-order valence-corrected chi connectivity index (χ0v) is 8.84. The van der Waals surface area contributed by atoms with Gasteiger partial charge in [0.05, 0.1) is 0 Å². The van der Waals surface area contributed by atoms with E-state index in [0.717, 1.165) is 17.8 Å². The number of hydrogen-bond acceptors (Lipinski definition) is 1.